The van der Waals surface area contributed by atoms with Gasteiger partial charge in [-0.1, -0.05) is 6.42 Å². The first kappa shape index (κ1) is 15.8. The lowest BCUT2D eigenvalue weighted by Gasteiger charge is -2.32. The summed E-state index contributed by atoms with van der Waals surface area (Å²) in [4.78, 5) is 11.7. The average molecular weight is 282 g/mol. The van der Waals surface area contributed by atoms with Gasteiger partial charge in [0.1, 0.15) is 12.2 Å². The maximum absolute atomic E-state index is 11.7. The number of carbonyl (C=O) groups excluding carboxylic acids is 1. The van der Waals surface area contributed by atoms with E-state index < -0.39 is 5.60 Å². The van der Waals surface area contributed by atoms with Crippen molar-refractivity contribution in [3.05, 3.63) is 0 Å². The molecule has 20 heavy (non-hydrogen) atoms. The molecular weight excluding hydrogens is 252 g/mol. The van der Waals surface area contributed by atoms with Gasteiger partial charge in [-0.2, -0.15) is 0 Å². The van der Waals surface area contributed by atoms with E-state index in [1.54, 1.807) is 0 Å². The highest BCUT2D eigenvalue weighted by Gasteiger charge is 2.41. The fraction of sp³-hybridized carbons (Fsp3) is 0.941. The molecule has 2 saturated carbocycles. The van der Waals surface area contributed by atoms with Crippen LogP contribution in [0.5, 0.6) is 0 Å². The van der Waals surface area contributed by atoms with E-state index in [0.717, 1.165) is 24.2 Å². The molecule has 0 heterocycles. The molecule has 0 saturated heterocycles. The predicted octanol–water partition coefficient (Wildman–Crippen LogP) is 3.95. The smallest absolute Gasteiger partial charge is 0.332 e. The molecule has 2 aliphatic rings. The first-order chi connectivity index (χ1) is 9.15. The van der Waals surface area contributed by atoms with Crippen LogP contribution >= 0.6 is 0 Å². The summed E-state index contributed by atoms with van der Waals surface area (Å²) < 4.78 is 11.1. The van der Waals surface area contributed by atoms with E-state index in [1.165, 1.54) is 25.7 Å². The summed E-state index contributed by atoms with van der Waals surface area (Å²) in [6, 6.07) is 0. The Balaban J connectivity index is 1.75. The molecule has 0 spiro atoms. The number of ether oxygens (including phenoxy) is 2. The van der Waals surface area contributed by atoms with Crippen molar-refractivity contribution < 1.29 is 14.3 Å². The Labute approximate surface area is 123 Å². The zero-order valence-corrected chi connectivity index (χ0v) is 13.7. The van der Waals surface area contributed by atoms with Crippen molar-refractivity contribution in [3.8, 4) is 0 Å². The molecule has 0 aromatic rings. The second-order valence-electron chi connectivity index (χ2n) is 8.27. The normalized spacial score (nSPS) is 29.8. The van der Waals surface area contributed by atoms with Gasteiger partial charge in [0, 0.05) is 0 Å². The molecule has 0 radical (unpaired) electrons. The summed E-state index contributed by atoms with van der Waals surface area (Å²) in [5.41, 5.74) is -0.665. The monoisotopic (exact) mass is 282 g/mol. The van der Waals surface area contributed by atoms with E-state index in [9.17, 15) is 4.79 Å². The molecular formula is C17H30O3. The summed E-state index contributed by atoms with van der Waals surface area (Å²) >= 11 is 0. The third-order valence-electron chi connectivity index (χ3n) is 4.64. The molecule has 116 valence electrons. The Hall–Kier alpha value is -0.570. The number of rotatable bonds is 5. The van der Waals surface area contributed by atoms with Gasteiger partial charge in [0.15, 0.2) is 0 Å². The second kappa shape index (κ2) is 5.67. The van der Waals surface area contributed by atoms with Crippen molar-refractivity contribution in [2.45, 2.75) is 77.9 Å². The Morgan fingerprint density at radius 1 is 1.10 bits per heavy atom. The van der Waals surface area contributed by atoms with Crippen molar-refractivity contribution in [1.82, 2.24) is 0 Å². The van der Waals surface area contributed by atoms with Gasteiger partial charge in [-0.05, 0) is 78.1 Å². The largest absolute Gasteiger partial charge is 0.458 e. The molecule has 2 fully saturated rings. The first-order valence-corrected chi connectivity index (χ1v) is 8.00. The Morgan fingerprint density at radius 3 is 2.30 bits per heavy atom. The molecule has 3 atom stereocenters. The number of hydrogen-bond acceptors (Lipinski definition) is 3. The molecule has 2 rings (SSSR count). The third kappa shape index (κ3) is 4.47. The molecule has 3 unspecified atom stereocenters. The number of esters is 1. The quantitative estimate of drug-likeness (QED) is 0.716. The van der Waals surface area contributed by atoms with E-state index in [-0.39, 0.29) is 18.2 Å². The second-order valence-corrected chi connectivity index (χ2v) is 8.27. The van der Waals surface area contributed by atoms with Gasteiger partial charge in [0.05, 0.1) is 5.60 Å². The number of carbonyl (C=O) groups is 1. The average Bonchev–Trinajstić information content (AvgIpc) is 2.85. The SMILES string of the molecule is CC(C)(C)OC(=O)COC(C)(C)CC1CC2CCC1C2. The zero-order chi connectivity index (χ0) is 15.0. The molecule has 2 aliphatic carbocycles. The van der Waals surface area contributed by atoms with E-state index in [0.29, 0.717) is 0 Å². The van der Waals surface area contributed by atoms with Crippen LogP contribution in [0.1, 0.15) is 66.7 Å². The predicted molar refractivity (Wildman–Crippen MR) is 79.4 cm³/mol. The molecule has 0 aromatic heterocycles. The Morgan fingerprint density at radius 2 is 1.80 bits per heavy atom. The maximum Gasteiger partial charge on any atom is 0.332 e. The standard InChI is InChI=1S/C17H30O3/c1-16(2,3)20-15(18)11-19-17(4,5)10-14-9-12-6-7-13(14)8-12/h12-14H,6-11H2,1-5H3. The van der Waals surface area contributed by atoms with Crippen LogP contribution in [0.15, 0.2) is 0 Å². The van der Waals surface area contributed by atoms with Crippen molar-refractivity contribution in [3.63, 3.8) is 0 Å². The minimum Gasteiger partial charge on any atom is -0.458 e. The van der Waals surface area contributed by atoms with Crippen molar-refractivity contribution in [1.29, 1.82) is 0 Å². The number of fused-ring (bicyclic) bond motifs is 2. The molecule has 3 heteroatoms. The Bertz CT molecular complexity index is 354. The van der Waals surface area contributed by atoms with Gasteiger partial charge in [0.25, 0.3) is 0 Å². The van der Waals surface area contributed by atoms with Crippen LogP contribution in [0.25, 0.3) is 0 Å². The fourth-order valence-corrected chi connectivity index (χ4v) is 3.94. The van der Waals surface area contributed by atoms with Gasteiger partial charge in [0.2, 0.25) is 0 Å². The summed E-state index contributed by atoms with van der Waals surface area (Å²) in [5.74, 6) is 2.40. The van der Waals surface area contributed by atoms with Crippen LogP contribution in [-0.2, 0) is 14.3 Å². The minimum absolute atomic E-state index is 0.0606. The van der Waals surface area contributed by atoms with Crippen LogP contribution in [0.4, 0.5) is 0 Å². The van der Waals surface area contributed by atoms with Crippen molar-refractivity contribution >= 4 is 5.97 Å². The Kier molecular flexibility index (Phi) is 4.48. The van der Waals surface area contributed by atoms with E-state index in [1.807, 2.05) is 20.8 Å². The third-order valence-corrected chi connectivity index (χ3v) is 4.64. The minimum atomic E-state index is -0.435. The zero-order valence-electron chi connectivity index (χ0n) is 13.7. The fourth-order valence-electron chi connectivity index (χ4n) is 3.94. The van der Waals surface area contributed by atoms with Gasteiger partial charge in [-0.3, -0.25) is 0 Å². The van der Waals surface area contributed by atoms with Crippen LogP contribution in [0.2, 0.25) is 0 Å². The summed E-state index contributed by atoms with van der Waals surface area (Å²) in [6.07, 6.45) is 6.69. The van der Waals surface area contributed by atoms with E-state index in [2.05, 4.69) is 13.8 Å². The maximum atomic E-state index is 11.7. The van der Waals surface area contributed by atoms with Crippen LogP contribution in [0.3, 0.4) is 0 Å². The highest BCUT2D eigenvalue weighted by molar-refractivity contribution is 5.71. The topological polar surface area (TPSA) is 35.5 Å². The van der Waals surface area contributed by atoms with Crippen molar-refractivity contribution in [2.75, 3.05) is 6.61 Å². The highest BCUT2D eigenvalue weighted by atomic mass is 16.6. The van der Waals surface area contributed by atoms with Crippen LogP contribution in [0, 0.1) is 17.8 Å². The lowest BCUT2D eigenvalue weighted by molar-refractivity contribution is -0.166. The number of hydrogen-bond donors (Lipinski definition) is 0. The highest BCUT2D eigenvalue weighted by Crippen LogP contribution is 2.51. The van der Waals surface area contributed by atoms with E-state index >= 15 is 0 Å². The summed E-state index contributed by atoms with van der Waals surface area (Å²) in [7, 11) is 0. The molecule has 0 aliphatic heterocycles. The molecule has 0 aromatic carbocycles. The molecule has 0 amide bonds. The van der Waals surface area contributed by atoms with Gasteiger partial charge in [-0.25, -0.2) is 4.79 Å². The molecule has 2 bridgehead atoms. The molecule has 3 nitrogen and oxygen atoms in total. The van der Waals surface area contributed by atoms with Gasteiger partial charge < -0.3 is 9.47 Å². The first-order valence-electron chi connectivity index (χ1n) is 8.00. The van der Waals surface area contributed by atoms with E-state index in [4.69, 9.17) is 9.47 Å². The van der Waals surface area contributed by atoms with Gasteiger partial charge in [-0.15, -0.1) is 0 Å². The molecule has 0 N–H and O–H groups in total. The summed E-state index contributed by atoms with van der Waals surface area (Å²) in [6.45, 7) is 9.90. The van der Waals surface area contributed by atoms with Gasteiger partial charge >= 0.3 is 5.97 Å². The van der Waals surface area contributed by atoms with Crippen molar-refractivity contribution in [2.24, 2.45) is 17.8 Å². The lowest BCUT2D eigenvalue weighted by Crippen LogP contribution is -2.34. The summed E-state index contributed by atoms with van der Waals surface area (Å²) in [5, 5.41) is 0. The van der Waals surface area contributed by atoms with Crippen LogP contribution in [-0.4, -0.2) is 23.8 Å². The van der Waals surface area contributed by atoms with Crippen LogP contribution < -0.4 is 0 Å². The lowest BCUT2D eigenvalue weighted by atomic mass is 9.81.